The number of carbonyl (C=O) groups is 1. The van der Waals surface area contributed by atoms with Gasteiger partial charge in [-0.25, -0.2) is 9.97 Å². The summed E-state index contributed by atoms with van der Waals surface area (Å²) in [5, 5.41) is 0. The van der Waals surface area contributed by atoms with Gasteiger partial charge < -0.3 is 0 Å². The number of thioether (sulfide) groups is 1. The number of fused-ring (bicyclic) bond motifs is 1. The van der Waals surface area contributed by atoms with Crippen molar-refractivity contribution in [3.8, 4) is 0 Å². The van der Waals surface area contributed by atoms with Gasteiger partial charge in [-0.1, -0.05) is 0 Å². The third-order valence-electron chi connectivity index (χ3n) is 3.01. The van der Waals surface area contributed by atoms with Crippen molar-refractivity contribution in [2.75, 3.05) is 6.26 Å². The Kier molecular flexibility index (Phi) is 4.51. The quantitative estimate of drug-likeness (QED) is 0.354. The summed E-state index contributed by atoms with van der Waals surface area (Å²) in [6.07, 6.45) is 5.44. The second-order valence-electron chi connectivity index (χ2n) is 4.23. The highest BCUT2D eigenvalue weighted by Gasteiger charge is 2.13. The highest BCUT2D eigenvalue weighted by molar-refractivity contribution is 14.2. The van der Waals surface area contributed by atoms with E-state index >= 15 is 0 Å². The summed E-state index contributed by atoms with van der Waals surface area (Å²) in [6, 6.07) is 9.39. The average molecular weight is 427 g/mol. The highest BCUT2D eigenvalue weighted by atomic mass is 127. The molecular formula is C14H10IN3OS2. The molecule has 0 N–H and O–H groups in total. The molecule has 21 heavy (non-hydrogen) atoms. The maximum absolute atomic E-state index is 12.4. The lowest BCUT2D eigenvalue weighted by Crippen LogP contribution is -2.05. The molecule has 4 nitrogen and oxygen atoms in total. The Balaban J connectivity index is 1.96. The molecule has 0 aliphatic heterocycles. The third kappa shape index (κ3) is 2.95. The molecule has 0 amide bonds. The van der Waals surface area contributed by atoms with E-state index in [1.807, 2.05) is 46.8 Å². The van der Waals surface area contributed by atoms with E-state index in [1.165, 1.54) is 15.3 Å². The normalized spacial score (nSPS) is 11.0. The number of nitrogens with zero attached hydrogens (tertiary/aromatic N) is 3. The minimum atomic E-state index is -0.105. The van der Waals surface area contributed by atoms with Crippen molar-refractivity contribution < 1.29 is 4.79 Å². The predicted octanol–water partition coefficient (Wildman–Crippen LogP) is 4.23. The van der Waals surface area contributed by atoms with Crippen molar-refractivity contribution in [2.24, 2.45) is 0 Å². The van der Waals surface area contributed by atoms with E-state index in [0.29, 0.717) is 11.3 Å². The zero-order valence-electron chi connectivity index (χ0n) is 11.0. The number of hydrogen-bond acceptors (Lipinski definition) is 5. The third-order valence-corrected chi connectivity index (χ3v) is 5.47. The maximum atomic E-state index is 12.4. The molecule has 0 atom stereocenters. The monoisotopic (exact) mass is 427 g/mol. The summed E-state index contributed by atoms with van der Waals surface area (Å²) in [6.45, 7) is 0. The molecule has 0 unspecified atom stereocenters. The van der Waals surface area contributed by atoms with Gasteiger partial charge in [-0.05, 0) is 36.6 Å². The number of hydrogen-bond donors (Lipinski definition) is 0. The number of aromatic nitrogens is 3. The minimum Gasteiger partial charge on any atom is -0.287 e. The number of halogens is 1. The van der Waals surface area contributed by atoms with Crippen molar-refractivity contribution in [2.45, 2.75) is 4.90 Å². The Labute approximate surface area is 142 Å². The molecule has 0 aliphatic rings. The van der Waals surface area contributed by atoms with Crippen molar-refractivity contribution >= 4 is 59.0 Å². The van der Waals surface area contributed by atoms with Crippen molar-refractivity contribution in [3.05, 3.63) is 54.0 Å². The molecule has 2 heterocycles. The first-order valence-electron chi connectivity index (χ1n) is 6.05. The maximum Gasteiger partial charge on any atom is 0.212 e. The molecule has 0 saturated heterocycles. The van der Waals surface area contributed by atoms with Gasteiger partial charge in [0.25, 0.3) is 0 Å². The van der Waals surface area contributed by atoms with Gasteiger partial charge in [-0.15, -0.1) is 11.8 Å². The van der Waals surface area contributed by atoms with Crippen LogP contribution in [0, 0.1) is 0 Å². The van der Waals surface area contributed by atoms with Gasteiger partial charge in [0.05, 0.1) is 6.20 Å². The van der Waals surface area contributed by atoms with Crippen molar-refractivity contribution in [3.63, 3.8) is 0 Å². The minimum absolute atomic E-state index is 0.105. The smallest absolute Gasteiger partial charge is 0.212 e. The number of benzene rings is 1. The van der Waals surface area contributed by atoms with E-state index in [1.54, 1.807) is 11.8 Å². The molecule has 3 aromatic rings. The van der Waals surface area contributed by atoms with E-state index in [4.69, 9.17) is 0 Å². The van der Waals surface area contributed by atoms with Crippen LogP contribution >= 0.6 is 42.1 Å². The van der Waals surface area contributed by atoms with Crippen LogP contribution in [0.4, 0.5) is 0 Å². The van der Waals surface area contributed by atoms with Crippen LogP contribution in [0.15, 0.2) is 47.6 Å². The van der Waals surface area contributed by atoms with Crippen molar-refractivity contribution in [1.29, 1.82) is 0 Å². The standard InChI is InChI=1S/C14H10IN3OS2/c1-20-10-4-2-9(3-5-10)13(19)12-8-16-14-11(17-12)6-7-18(14)21-15/h2-8H,1H3. The van der Waals surface area contributed by atoms with Gasteiger partial charge in [0.2, 0.25) is 5.78 Å². The summed E-state index contributed by atoms with van der Waals surface area (Å²) in [4.78, 5) is 22.3. The fourth-order valence-electron chi connectivity index (χ4n) is 1.94. The largest absolute Gasteiger partial charge is 0.287 e. The van der Waals surface area contributed by atoms with Crippen LogP contribution in [-0.2, 0) is 0 Å². The van der Waals surface area contributed by atoms with Crippen LogP contribution in [-0.4, -0.2) is 26.0 Å². The summed E-state index contributed by atoms with van der Waals surface area (Å²) in [7, 11) is 1.52. The average Bonchev–Trinajstić information content (AvgIpc) is 2.96. The molecule has 0 bridgehead atoms. The molecule has 3 rings (SSSR count). The number of ketones is 1. The van der Waals surface area contributed by atoms with E-state index in [9.17, 15) is 4.79 Å². The Morgan fingerprint density at radius 3 is 2.67 bits per heavy atom. The first-order valence-corrected chi connectivity index (χ1v) is 10.6. The van der Waals surface area contributed by atoms with Gasteiger partial charge in [-0.3, -0.25) is 8.77 Å². The van der Waals surface area contributed by atoms with Crippen LogP contribution in [0.2, 0.25) is 0 Å². The van der Waals surface area contributed by atoms with Gasteiger partial charge in [0.15, 0.2) is 5.65 Å². The molecule has 7 heteroatoms. The van der Waals surface area contributed by atoms with Gasteiger partial charge in [0, 0.05) is 47.0 Å². The summed E-state index contributed by atoms with van der Waals surface area (Å²) in [5.41, 5.74) is 2.49. The lowest BCUT2D eigenvalue weighted by atomic mass is 10.1. The lowest BCUT2D eigenvalue weighted by molar-refractivity contribution is 0.103. The number of carbonyl (C=O) groups excluding carboxylic acids is 1. The number of rotatable bonds is 4. The highest BCUT2D eigenvalue weighted by Crippen LogP contribution is 2.23. The molecule has 1 aromatic carbocycles. The molecule has 2 aromatic heterocycles. The predicted molar refractivity (Wildman–Crippen MR) is 96.2 cm³/mol. The fraction of sp³-hybridized carbons (Fsp3) is 0.0714. The summed E-state index contributed by atoms with van der Waals surface area (Å²) < 4.78 is 1.91. The van der Waals surface area contributed by atoms with Crippen LogP contribution < -0.4 is 0 Å². The Bertz CT molecular complexity index is 802. The Morgan fingerprint density at radius 1 is 1.24 bits per heavy atom. The van der Waals surface area contributed by atoms with E-state index in [0.717, 1.165) is 16.1 Å². The molecule has 0 saturated carbocycles. The second kappa shape index (κ2) is 6.37. The Hall–Kier alpha value is -1.06. The molecule has 0 radical (unpaired) electrons. The van der Waals surface area contributed by atoms with Gasteiger partial charge in [-0.2, -0.15) is 0 Å². The SMILES string of the molecule is CSc1ccc(C(=O)c2cnc3c(ccn3SI)n2)cc1. The first kappa shape index (κ1) is 14.9. The summed E-state index contributed by atoms with van der Waals surface area (Å²) in [5.74, 6) is -0.105. The Morgan fingerprint density at radius 2 is 2.00 bits per heavy atom. The van der Waals surface area contributed by atoms with Gasteiger partial charge in [0.1, 0.15) is 11.2 Å². The molecule has 0 spiro atoms. The van der Waals surface area contributed by atoms with Crippen LogP contribution in [0.25, 0.3) is 11.2 Å². The molecule has 0 aliphatic carbocycles. The topological polar surface area (TPSA) is 47.8 Å². The first-order chi connectivity index (χ1) is 10.2. The van der Waals surface area contributed by atoms with Gasteiger partial charge >= 0.3 is 0 Å². The zero-order chi connectivity index (χ0) is 14.8. The van der Waals surface area contributed by atoms with Crippen molar-refractivity contribution in [1.82, 2.24) is 13.9 Å². The van der Waals surface area contributed by atoms with E-state index < -0.39 is 0 Å². The lowest BCUT2D eigenvalue weighted by Gasteiger charge is -2.02. The zero-order valence-corrected chi connectivity index (χ0v) is 14.8. The fourth-order valence-corrected chi connectivity index (χ4v) is 3.62. The molecule has 106 valence electrons. The molecular weight excluding hydrogens is 417 g/mol. The van der Waals surface area contributed by atoms with Crippen LogP contribution in [0.1, 0.15) is 16.1 Å². The summed E-state index contributed by atoms with van der Waals surface area (Å²) >= 11 is 3.83. The van der Waals surface area contributed by atoms with Crippen LogP contribution in [0.3, 0.4) is 0 Å². The van der Waals surface area contributed by atoms with E-state index in [-0.39, 0.29) is 5.78 Å². The second-order valence-corrected chi connectivity index (χ2v) is 6.83. The van der Waals surface area contributed by atoms with E-state index in [2.05, 4.69) is 31.2 Å². The van der Waals surface area contributed by atoms with Crippen LogP contribution in [0.5, 0.6) is 0 Å². The molecule has 0 fully saturated rings.